The van der Waals surface area contributed by atoms with Crippen molar-refractivity contribution in [2.45, 2.75) is 19.9 Å². The molecule has 0 atom stereocenters. The summed E-state index contributed by atoms with van der Waals surface area (Å²) in [6.45, 7) is 3.91. The van der Waals surface area contributed by atoms with E-state index in [-0.39, 0.29) is 24.0 Å². The molecule has 0 aliphatic rings. The number of guanidine groups is 1. The van der Waals surface area contributed by atoms with Gasteiger partial charge in [0.15, 0.2) is 5.96 Å². The van der Waals surface area contributed by atoms with E-state index in [9.17, 15) is 0 Å². The van der Waals surface area contributed by atoms with Crippen LogP contribution in [0.4, 0.5) is 0 Å². The lowest BCUT2D eigenvalue weighted by Crippen LogP contribution is -2.38. The van der Waals surface area contributed by atoms with Crippen molar-refractivity contribution < 1.29 is 4.74 Å². The zero-order valence-corrected chi connectivity index (χ0v) is 14.5. The molecule has 4 nitrogen and oxygen atoms in total. The molecule has 19 heavy (non-hydrogen) atoms. The highest BCUT2D eigenvalue weighted by Gasteiger charge is 2.05. The average molecular weight is 377 g/mol. The van der Waals surface area contributed by atoms with Crippen LogP contribution < -0.4 is 10.1 Å². The van der Waals surface area contributed by atoms with Crippen molar-refractivity contribution >= 4 is 29.9 Å². The molecule has 1 N–H and O–H groups in total. The van der Waals surface area contributed by atoms with Crippen molar-refractivity contribution in [2.75, 3.05) is 27.7 Å². The number of methoxy groups -OCH3 is 1. The molecule has 108 valence electrons. The maximum atomic E-state index is 5.15. The summed E-state index contributed by atoms with van der Waals surface area (Å²) in [5.41, 5.74) is 1.23. The molecule has 0 saturated heterocycles. The van der Waals surface area contributed by atoms with Gasteiger partial charge in [-0.15, -0.1) is 24.0 Å². The van der Waals surface area contributed by atoms with Crippen molar-refractivity contribution in [2.24, 2.45) is 4.99 Å². The Morgan fingerprint density at radius 1 is 1.32 bits per heavy atom. The number of hydrogen-bond donors (Lipinski definition) is 1. The predicted molar refractivity (Wildman–Crippen MR) is 91.5 cm³/mol. The second-order valence-electron chi connectivity index (χ2n) is 4.18. The second kappa shape index (κ2) is 9.89. The van der Waals surface area contributed by atoms with Crippen molar-refractivity contribution in [3.8, 4) is 5.75 Å². The summed E-state index contributed by atoms with van der Waals surface area (Å²) in [6.07, 6.45) is 1.09. The molecule has 0 bridgehead atoms. The molecule has 0 aromatic heterocycles. The summed E-state index contributed by atoms with van der Waals surface area (Å²) in [5.74, 6) is 1.81. The molecule has 1 aromatic rings. The van der Waals surface area contributed by atoms with Gasteiger partial charge in [0.2, 0.25) is 0 Å². The molecule has 1 rings (SSSR count). The predicted octanol–water partition coefficient (Wildman–Crippen LogP) is 2.73. The first-order valence-electron chi connectivity index (χ1n) is 6.26. The Bertz CT molecular complexity index is 379. The van der Waals surface area contributed by atoms with Gasteiger partial charge < -0.3 is 15.0 Å². The number of halogens is 1. The quantitative estimate of drug-likeness (QED) is 0.487. The third-order valence-corrected chi connectivity index (χ3v) is 2.69. The van der Waals surface area contributed by atoms with Crippen molar-refractivity contribution in [3.63, 3.8) is 0 Å². The van der Waals surface area contributed by atoms with Crippen LogP contribution in [0.15, 0.2) is 29.3 Å². The van der Waals surface area contributed by atoms with Crippen LogP contribution in [0.3, 0.4) is 0 Å². The van der Waals surface area contributed by atoms with E-state index in [1.54, 1.807) is 7.11 Å². The summed E-state index contributed by atoms with van der Waals surface area (Å²) in [6, 6.07) is 8.10. The SMILES string of the molecule is CCCNC(=NC)N(C)Cc1ccc(OC)cc1.I. The third kappa shape index (κ3) is 6.13. The molecule has 0 fully saturated rings. The van der Waals surface area contributed by atoms with Gasteiger partial charge in [0.25, 0.3) is 0 Å². The van der Waals surface area contributed by atoms with Gasteiger partial charge in [-0.1, -0.05) is 19.1 Å². The summed E-state index contributed by atoms with van der Waals surface area (Å²) in [5, 5.41) is 3.31. The Hall–Kier alpha value is -0.980. The first-order valence-corrected chi connectivity index (χ1v) is 6.26. The summed E-state index contributed by atoms with van der Waals surface area (Å²) < 4.78 is 5.15. The Kier molecular flexibility index (Phi) is 9.38. The lowest BCUT2D eigenvalue weighted by Gasteiger charge is -2.22. The number of nitrogens with one attached hydrogen (secondary N) is 1. The van der Waals surface area contributed by atoms with Crippen LogP contribution in [-0.2, 0) is 6.54 Å². The monoisotopic (exact) mass is 377 g/mol. The Labute approximate surface area is 133 Å². The van der Waals surface area contributed by atoms with Gasteiger partial charge in [-0.05, 0) is 24.1 Å². The van der Waals surface area contributed by atoms with E-state index in [0.717, 1.165) is 31.2 Å². The first kappa shape index (κ1) is 18.0. The molecule has 0 heterocycles. The van der Waals surface area contributed by atoms with Crippen molar-refractivity contribution in [3.05, 3.63) is 29.8 Å². The minimum atomic E-state index is 0. The number of ether oxygens (including phenoxy) is 1. The smallest absolute Gasteiger partial charge is 0.193 e. The number of rotatable bonds is 5. The lowest BCUT2D eigenvalue weighted by molar-refractivity contribution is 0.414. The van der Waals surface area contributed by atoms with Crippen LogP contribution in [-0.4, -0.2) is 38.6 Å². The maximum Gasteiger partial charge on any atom is 0.193 e. The average Bonchev–Trinajstić information content (AvgIpc) is 2.40. The molecular weight excluding hydrogens is 353 g/mol. The van der Waals surface area contributed by atoms with E-state index >= 15 is 0 Å². The van der Waals surface area contributed by atoms with E-state index in [1.807, 2.05) is 26.2 Å². The Morgan fingerprint density at radius 3 is 2.42 bits per heavy atom. The maximum absolute atomic E-state index is 5.15. The minimum absolute atomic E-state index is 0. The number of hydrogen-bond acceptors (Lipinski definition) is 2. The van der Waals surface area contributed by atoms with Gasteiger partial charge in [0, 0.05) is 27.2 Å². The summed E-state index contributed by atoms with van der Waals surface area (Å²) in [7, 11) is 5.52. The topological polar surface area (TPSA) is 36.9 Å². The molecule has 5 heteroatoms. The molecule has 0 saturated carbocycles. The standard InChI is InChI=1S/C14H23N3O.HI/c1-5-10-16-14(15-2)17(3)11-12-6-8-13(18-4)9-7-12;/h6-9H,5,10-11H2,1-4H3,(H,15,16);1H. The van der Waals surface area contributed by atoms with E-state index in [1.165, 1.54) is 5.56 Å². The second-order valence-corrected chi connectivity index (χ2v) is 4.18. The van der Waals surface area contributed by atoms with Gasteiger partial charge in [-0.2, -0.15) is 0 Å². The fourth-order valence-electron chi connectivity index (χ4n) is 1.70. The first-order chi connectivity index (χ1) is 8.71. The highest BCUT2D eigenvalue weighted by atomic mass is 127. The largest absolute Gasteiger partial charge is 0.497 e. The molecule has 0 spiro atoms. The molecule has 0 radical (unpaired) electrons. The van der Waals surface area contributed by atoms with Crippen molar-refractivity contribution in [1.29, 1.82) is 0 Å². The minimum Gasteiger partial charge on any atom is -0.497 e. The van der Waals surface area contributed by atoms with E-state index in [0.29, 0.717) is 0 Å². The third-order valence-electron chi connectivity index (χ3n) is 2.69. The summed E-state index contributed by atoms with van der Waals surface area (Å²) >= 11 is 0. The molecule has 0 unspecified atom stereocenters. The highest BCUT2D eigenvalue weighted by molar-refractivity contribution is 14.0. The Balaban J connectivity index is 0.00000324. The van der Waals surface area contributed by atoms with Gasteiger partial charge >= 0.3 is 0 Å². The Morgan fingerprint density at radius 2 is 1.95 bits per heavy atom. The van der Waals surface area contributed by atoms with Gasteiger partial charge in [0.1, 0.15) is 5.75 Å². The van der Waals surface area contributed by atoms with Crippen LogP contribution in [0.25, 0.3) is 0 Å². The molecule has 1 aromatic carbocycles. The van der Waals surface area contributed by atoms with Gasteiger partial charge in [0.05, 0.1) is 7.11 Å². The molecule has 0 aliphatic heterocycles. The normalized spacial score (nSPS) is 10.6. The number of benzene rings is 1. The van der Waals surface area contributed by atoms with E-state index in [2.05, 4.69) is 34.3 Å². The molecular formula is C14H24IN3O. The van der Waals surface area contributed by atoms with Gasteiger partial charge in [-0.25, -0.2) is 0 Å². The van der Waals surface area contributed by atoms with Crippen molar-refractivity contribution in [1.82, 2.24) is 10.2 Å². The van der Waals surface area contributed by atoms with Crippen LogP contribution in [0.2, 0.25) is 0 Å². The molecule has 0 amide bonds. The van der Waals surface area contributed by atoms with E-state index in [4.69, 9.17) is 4.74 Å². The number of nitrogens with zero attached hydrogens (tertiary/aromatic N) is 2. The van der Waals surface area contributed by atoms with Crippen LogP contribution in [0.1, 0.15) is 18.9 Å². The zero-order valence-electron chi connectivity index (χ0n) is 12.1. The van der Waals surface area contributed by atoms with Crippen LogP contribution in [0.5, 0.6) is 5.75 Å². The fourth-order valence-corrected chi connectivity index (χ4v) is 1.70. The molecule has 0 aliphatic carbocycles. The van der Waals surface area contributed by atoms with Crippen LogP contribution in [0, 0.1) is 0 Å². The van der Waals surface area contributed by atoms with Crippen LogP contribution >= 0.6 is 24.0 Å². The fraction of sp³-hybridized carbons (Fsp3) is 0.500. The highest BCUT2D eigenvalue weighted by Crippen LogP contribution is 2.12. The number of aliphatic imine (C=N–C) groups is 1. The lowest BCUT2D eigenvalue weighted by atomic mass is 10.2. The summed E-state index contributed by atoms with van der Waals surface area (Å²) in [4.78, 5) is 6.37. The van der Waals surface area contributed by atoms with E-state index < -0.39 is 0 Å². The zero-order chi connectivity index (χ0) is 13.4. The van der Waals surface area contributed by atoms with Gasteiger partial charge in [-0.3, -0.25) is 4.99 Å².